The minimum atomic E-state index is -0.256. The molecule has 0 spiro atoms. The van der Waals surface area contributed by atoms with E-state index in [1.54, 1.807) is 24.5 Å². The van der Waals surface area contributed by atoms with Gasteiger partial charge in [0.1, 0.15) is 11.6 Å². The van der Waals surface area contributed by atoms with Crippen LogP contribution < -0.4 is 15.4 Å². The van der Waals surface area contributed by atoms with Gasteiger partial charge in [-0.15, -0.1) is 0 Å². The monoisotopic (exact) mass is 379 g/mol. The first-order valence-electron chi connectivity index (χ1n) is 9.39. The van der Waals surface area contributed by atoms with Gasteiger partial charge >= 0.3 is 6.03 Å². The largest absolute Gasteiger partial charge is 0.439 e. The fourth-order valence-corrected chi connectivity index (χ4v) is 2.73. The van der Waals surface area contributed by atoms with Crippen LogP contribution in [0, 0.1) is 6.92 Å². The minimum absolute atomic E-state index is 0.256. The number of nitrogens with zero attached hydrogens (tertiary/aromatic N) is 3. The van der Waals surface area contributed by atoms with Gasteiger partial charge in [-0.25, -0.2) is 14.8 Å². The summed E-state index contributed by atoms with van der Waals surface area (Å²) in [5.41, 5.74) is 1.81. The highest BCUT2D eigenvalue weighted by atomic mass is 16.5. The molecule has 0 aliphatic rings. The van der Waals surface area contributed by atoms with Gasteiger partial charge in [0.15, 0.2) is 0 Å². The Bertz CT molecular complexity index is 905. The Morgan fingerprint density at radius 1 is 1.21 bits per heavy atom. The number of aromatic nitrogens is 3. The number of hydrogen-bond acceptors (Lipinski definition) is 4. The molecular formula is C21H25N5O2. The number of hydrogen-bond donors (Lipinski definition) is 2. The van der Waals surface area contributed by atoms with Crippen LogP contribution in [0.2, 0.25) is 0 Å². The summed E-state index contributed by atoms with van der Waals surface area (Å²) in [6.45, 7) is 5.45. The van der Waals surface area contributed by atoms with Crippen molar-refractivity contribution >= 4 is 11.7 Å². The molecule has 0 saturated carbocycles. The summed E-state index contributed by atoms with van der Waals surface area (Å²) in [5, 5.41) is 5.61. The summed E-state index contributed by atoms with van der Waals surface area (Å²) in [4.78, 5) is 20.4. The first-order valence-corrected chi connectivity index (χ1v) is 9.39. The van der Waals surface area contributed by atoms with Crippen LogP contribution in [0.3, 0.4) is 0 Å². The van der Waals surface area contributed by atoms with E-state index in [-0.39, 0.29) is 6.03 Å². The number of ether oxygens (including phenoxy) is 1. The van der Waals surface area contributed by atoms with Crippen molar-refractivity contribution in [1.29, 1.82) is 0 Å². The third-order valence-corrected chi connectivity index (χ3v) is 4.31. The van der Waals surface area contributed by atoms with Crippen molar-refractivity contribution in [3.63, 3.8) is 0 Å². The molecule has 0 unspecified atom stereocenters. The zero-order valence-electron chi connectivity index (χ0n) is 16.2. The zero-order valence-corrected chi connectivity index (χ0v) is 16.2. The summed E-state index contributed by atoms with van der Waals surface area (Å²) < 4.78 is 7.81. The summed E-state index contributed by atoms with van der Waals surface area (Å²) in [6, 6.07) is 11.1. The first kappa shape index (κ1) is 19.4. The second kappa shape index (κ2) is 9.55. The lowest BCUT2D eigenvalue weighted by atomic mass is 10.2. The van der Waals surface area contributed by atoms with Crippen LogP contribution in [0.5, 0.6) is 11.6 Å². The van der Waals surface area contributed by atoms with E-state index in [9.17, 15) is 4.79 Å². The van der Waals surface area contributed by atoms with Gasteiger partial charge in [0.25, 0.3) is 0 Å². The molecule has 28 heavy (non-hydrogen) atoms. The van der Waals surface area contributed by atoms with Crippen molar-refractivity contribution in [1.82, 2.24) is 19.9 Å². The Morgan fingerprint density at radius 2 is 2.11 bits per heavy atom. The second-order valence-corrected chi connectivity index (χ2v) is 6.39. The van der Waals surface area contributed by atoms with Crippen LogP contribution in [-0.4, -0.2) is 27.1 Å². The van der Waals surface area contributed by atoms with E-state index in [0.717, 1.165) is 31.0 Å². The van der Waals surface area contributed by atoms with E-state index in [1.165, 1.54) is 5.56 Å². The molecule has 2 heterocycles. The van der Waals surface area contributed by atoms with Crippen molar-refractivity contribution in [3.8, 4) is 11.6 Å². The molecule has 146 valence electrons. The molecule has 0 aliphatic heterocycles. The Hall–Kier alpha value is -3.35. The predicted molar refractivity (Wildman–Crippen MR) is 109 cm³/mol. The van der Waals surface area contributed by atoms with E-state index >= 15 is 0 Å². The Labute approximate surface area is 164 Å². The van der Waals surface area contributed by atoms with Crippen LogP contribution in [-0.2, 0) is 13.0 Å². The highest BCUT2D eigenvalue weighted by Gasteiger charge is 2.04. The maximum atomic E-state index is 12.0. The topological polar surface area (TPSA) is 81.1 Å². The summed E-state index contributed by atoms with van der Waals surface area (Å²) in [6.07, 6.45) is 7.06. The normalized spacial score (nSPS) is 10.5. The molecule has 2 aromatic heterocycles. The summed E-state index contributed by atoms with van der Waals surface area (Å²) in [7, 11) is 0. The first-order chi connectivity index (χ1) is 13.6. The smallest absolute Gasteiger partial charge is 0.319 e. The number of aryl methyl sites for hydroxylation is 3. The van der Waals surface area contributed by atoms with Crippen molar-refractivity contribution in [3.05, 3.63) is 66.4 Å². The lowest BCUT2D eigenvalue weighted by Gasteiger charge is -2.09. The highest BCUT2D eigenvalue weighted by Crippen LogP contribution is 2.21. The molecule has 0 radical (unpaired) electrons. The minimum Gasteiger partial charge on any atom is -0.439 e. The highest BCUT2D eigenvalue weighted by molar-refractivity contribution is 5.88. The Kier molecular flexibility index (Phi) is 6.62. The van der Waals surface area contributed by atoms with Crippen molar-refractivity contribution in [2.75, 3.05) is 11.9 Å². The number of urea groups is 1. The molecule has 3 aromatic rings. The van der Waals surface area contributed by atoms with Crippen molar-refractivity contribution in [2.45, 2.75) is 33.2 Å². The number of nitrogens with one attached hydrogen (secondary N) is 2. The molecule has 0 bridgehead atoms. The van der Waals surface area contributed by atoms with Crippen LogP contribution >= 0.6 is 0 Å². The molecule has 0 atom stereocenters. The quantitative estimate of drug-likeness (QED) is 0.576. The second-order valence-electron chi connectivity index (χ2n) is 6.39. The molecule has 2 N–H and O–H groups in total. The number of amides is 2. The van der Waals surface area contributed by atoms with Gasteiger partial charge in [0.2, 0.25) is 5.88 Å². The van der Waals surface area contributed by atoms with Gasteiger partial charge in [0.05, 0.1) is 11.9 Å². The molecule has 7 heteroatoms. The molecular weight excluding hydrogens is 354 g/mol. The van der Waals surface area contributed by atoms with E-state index in [4.69, 9.17) is 4.74 Å². The van der Waals surface area contributed by atoms with Gasteiger partial charge in [-0.1, -0.05) is 19.1 Å². The number of imidazole rings is 1. The van der Waals surface area contributed by atoms with Crippen molar-refractivity contribution < 1.29 is 9.53 Å². The van der Waals surface area contributed by atoms with Gasteiger partial charge < -0.3 is 19.9 Å². The van der Waals surface area contributed by atoms with Crippen LogP contribution in [0.15, 0.2) is 55.0 Å². The number of anilines is 1. The van der Waals surface area contributed by atoms with E-state index in [2.05, 4.69) is 38.2 Å². The molecule has 3 rings (SSSR count). The van der Waals surface area contributed by atoms with Gasteiger partial charge in [-0.3, -0.25) is 0 Å². The van der Waals surface area contributed by atoms with E-state index in [0.29, 0.717) is 18.1 Å². The molecule has 2 amide bonds. The Morgan fingerprint density at radius 3 is 2.82 bits per heavy atom. The van der Waals surface area contributed by atoms with E-state index in [1.807, 2.05) is 31.3 Å². The van der Waals surface area contributed by atoms with Gasteiger partial charge in [-0.2, -0.15) is 0 Å². The lowest BCUT2D eigenvalue weighted by Crippen LogP contribution is -2.30. The number of pyridine rings is 1. The number of benzene rings is 1. The van der Waals surface area contributed by atoms with Crippen molar-refractivity contribution in [2.24, 2.45) is 0 Å². The Balaban J connectivity index is 1.43. The standard InChI is InChI=1S/C21H25N5O2/c1-3-17-6-4-7-19(14-17)28-20-9-8-18(15-24-20)25-21(27)23-10-5-12-26-13-11-22-16(26)2/h4,6-9,11,13-15H,3,5,10,12H2,1-2H3,(H2,23,25,27). The molecule has 0 aliphatic carbocycles. The summed E-state index contributed by atoms with van der Waals surface area (Å²) in [5.74, 6) is 2.20. The maximum absolute atomic E-state index is 12.0. The lowest BCUT2D eigenvalue weighted by molar-refractivity contribution is 0.252. The average molecular weight is 379 g/mol. The molecule has 1 aromatic carbocycles. The van der Waals surface area contributed by atoms with Gasteiger partial charge in [0, 0.05) is 31.5 Å². The number of carbonyl (C=O) groups is 1. The molecule has 0 fully saturated rings. The predicted octanol–water partition coefficient (Wildman–Crippen LogP) is 4.15. The van der Waals surface area contributed by atoms with E-state index < -0.39 is 0 Å². The van der Waals surface area contributed by atoms with Crippen LogP contribution in [0.25, 0.3) is 0 Å². The molecule has 0 saturated heterocycles. The average Bonchev–Trinajstić information content (AvgIpc) is 3.12. The fraction of sp³-hybridized carbons (Fsp3) is 0.286. The number of carbonyl (C=O) groups excluding carboxylic acids is 1. The molecule has 7 nitrogen and oxygen atoms in total. The zero-order chi connectivity index (χ0) is 19.8. The van der Waals surface area contributed by atoms with Crippen LogP contribution in [0.1, 0.15) is 24.7 Å². The van der Waals surface area contributed by atoms with Gasteiger partial charge in [-0.05, 0) is 43.5 Å². The maximum Gasteiger partial charge on any atom is 0.319 e. The summed E-state index contributed by atoms with van der Waals surface area (Å²) >= 11 is 0. The fourth-order valence-electron chi connectivity index (χ4n) is 2.73. The van der Waals surface area contributed by atoms with Crippen LogP contribution in [0.4, 0.5) is 10.5 Å². The SMILES string of the molecule is CCc1cccc(Oc2ccc(NC(=O)NCCCn3ccnc3C)cn2)c1. The number of rotatable bonds is 8. The third-order valence-electron chi connectivity index (χ3n) is 4.31. The third kappa shape index (κ3) is 5.57.